The van der Waals surface area contributed by atoms with Crippen molar-refractivity contribution in [2.45, 2.75) is 38.1 Å². The number of pyridine rings is 1. The third-order valence-corrected chi connectivity index (χ3v) is 3.19. The van der Waals surface area contributed by atoms with Crippen LogP contribution in [0.1, 0.15) is 37.8 Å². The molecule has 0 bridgehead atoms. The zero-order valence-electron chi connectivity index (χ0n) is 11.3. The van der Waals surface area contributed by atoms with Gasteiger partial charge in [0.05, 0.1) is 5.69 Å². The molecule has 1 saturated carbocycles. The van der Waals surface area contributed by atoms with E-state index >= 15 is 0 Å². The van der Waals surface area contributed by atoms with E-state index in [1.54, 1.807) is 12.4 Å². The fourth-order valence-corrected chi connectivity index (χ4v) is 2.29. The minimum absolute atomic E-state index is 0.500. The van der Waals surface area contributed by atoms with Crippen molar-refractivity contribution < 1.29 is 13.1 Å². The summed E-state index contributed by atoms with van der Waals surface area (Å²) in [7, 11) is 9.34. The van der Waals surface area contributed by atoms with E-state index in [0.717, 1.165) is 18.8 Å². The number of thiol groups is 1. The Morgan fingerprint density at radius 3 is 2.71 bits per heavy atom. The molecule has 1 aliphatic carbocycles. The summed E-state index contributed by atoms with van der Waals surface area (Å²) < 4.78 is 0. The molecule has 2 rings (SSSR count). The van der Waals surface area contributed by atoms with E-state index in [1.807, 2.05) is 18.2 Å². The van der Waals surface area contributed by atoms with Gasteiger partial charge in [0.25, 0.3) is 0 Å². The van der Waals surface area contributed by atoms with Gasteiger partial charge in [-0.25, -0.2) is 0 Å². The van der Waals surface area contributed by atoms with Crippen LogP contribution in [0.15, 0.2) is 29.5 Å². The predicted octanol–water partition coefficient (Wildman–Crippen LogP) is 3.45. The normalized spacial score (nSPS) is 15.5. The van der Waals surface area contributed by atoms with E-state index in [-0.39, 0.29) is 0 Å². The van der Waals surface area contributed by atoms with Gasteiger partial charge in [0.2, 0.25) is 0 Å². The first-order valence-corrected chi connectivity index (χ1v) is 9.59. The molecule has 0 aliphatic heterocycles. The van der Waals surface area contributed by atoms with Crippen molar-refractivity contribution in [3.05, 3.63) is 35.5 Å². The molecule has 0 unspecified atom stereocenters. The molecule has 4 nitrogen and oxygen atoms in total. The third kappa shape index (κ3) is 9.40. The van der Waals surface area contributed by atoms with Crippen molar-refractivity contribution in [2.75, 3.05) is 0 Å². The molecule has 1 aliphatic rings. The van der Waals surface area contributed by atoms with Crippen molar-refractivity contribution >= 4 is 43.7 Å². The van der Waals surface area contributed by atoms with Crippen LogP contribution in [-0.4, -0.2) is 22.4 Å². The molecule has 0 radical (unpaired) electrons. The summed E-state index contributed by atoms with van der Waals surface area (Å²) in [6, 6.07) is 6.17. The predicted molar refractivity (Wildman–Crippen MR) is 90.7 cm³/mol. The summed E-state index contributed by atoms with van der Waals surface area (Å²) in [6.07, 6.45) is 9.67. The molecule has 1 fully saturated rings. The zero-order valence-corrected chi connectivity index (χ0v) is 14.7. The number of nitrogens with one attached hydrogen (secondary N) is 1. The van der Waals surface area contributed by atoms with Gasteiger partial charge >= 0.3 is 33.3 Å². The maximum Gasteiger partial charge on any atom is 0.186 e. The van der Waals surface area contributed by atoms with Crippen molar-refractivity contribution in [1.82, 2.24) is 10.3 Å². The Balaban J connectivity index is 0.000000677. The summed E-state index contributed by atoms with van der Waals surface area (Å²) in [6.45, 7) is 0. The molecule has 0 saturated heterocycles. The Bertz CT molecular complexity index is 427. The van der Waals surface area contributed by atoms with Crippen LogP contribution in [0.3, 0.4) is 0 Å². The monoisotopic (exact) mass is 395 g/mol. The number of rotatable bonds is 3. The molecule has 0 atom stereocenters. The number of halogens is 2. The van der Waals surface area contributed by atoms with Crippen molar-refractivity contribution in [1.29, 1.82) is 0 Å². The van der Waals surface area contributed by atoms with Gasteiger partial charge in [0.15, 0.2) is 17.3 Å². The Morgan fingerprint density at radius 1 is 1.38 bits per heavy atom. The SMILES string of the molecule is [Cl][Cu][Cl].[SH+]=C([N-]N=Cc1ccccn1)NC1CCCCC1. The summed E-state index contributed by atoms with van der Waals surface area (Å²) in [5.74, 6) is 0. The molecular weight excluding hydrogens is 379 g/mol. The minimum Gasteiger partial charge on any atom is -0.515 e. The Labute approximate surface area is 145 Å². The van der Waals surface area contributed by atoms with E-state index in [4.69, 9.17) is 0 Å². The second kappa shape index (κ2) is 12.3. The Kier molecular flexibility index (Phi) is 11.0. The first-order chi connectivity index (χ1) is 10.3. The van der Waals surface area contributed by atoms with E-state index in [2.05, 4.69) is 53.2 Å². The first-order valence-electron chi connectivity index (χ1n) is 6.55. The molecule has 1 N–H and O–H groups in total. The van der Waals surface area contributed by atoms with E-state index in [1.165, 1.54) is 32.1 Å². The van der Waals surface area contributed by atoms with Crippen LogP contribution >= 0.6 is 20.2 Å². The maximum absolute atomic E-state index is 4.67. The van der Waals surface area contributed by atoms with Crippen LogP contribution in [0.2, 0.25) is 0 Å². The summed E-state index contributed by atoms with van der Waals surface area (Å²) in [5.41, 5.74) is 4.80. The van der Waals surface area contributed by atoms with Crippen molar-refractivity contribution in [2.24, 2.45) is 5.10 Å². The quantitative estimate of drug-likeness (QED) is 0.212. The van der Waals surface area contributed by atoms with Crippen LogP contribution in [0.5, 0.6) is 0 Å². The largest absolute Gasteiger partial charge is 0.515 e. The molecule has 21 heavy (non-hydrogen) atoms. The molecule has 1 aromatic rings. The second-order valence-electron chi connectivity index (χ2n) is 4.45. The molecule has 1 heterocycles. The Hall–Kier alpha value is -0.231. The number of hydrogen-bond donors (Lipinski definition) is 1. The van der Waals surface area contributed by atoms with Gasteiger partial charge in [0, 0.05) is 18.5 Å². The van der Waals surface area contributed by atoms with E-state index < -0.39 is 0 Å². The second-order valence-corrected chi connectivity index (χ2v) is 6.42. The first kappa shape index (κ1) is 18.8. The van der Waals surface area contributed by atoms with Crippen LogP contribution in [0.25, 0.3) is 5.43 Å². The molecule has 0 amide bonds. The topological polar surface area (TPSA) is 51.4 Å². The number of nitrogens with zero attached hydrogens (tertiary/aromatic N) is 3. The maximum atomic E-state index is 4.67. The standard InChI is InChI=1S/C13H18N4S.2ClH.Cu/c18-13(16-11-6-2-1-3-7-11)17-15-10-12-8-4-5-9-14-12;;;/h4-5,8-11H,1-3,6-7H2,(H2,14,16,17,18);2*1H;/q;;;+2/p-2. The van der Waals surface area contributed by atoms with Gasteiger partial charge < -0.3 is 10.5 Å². The summed E-state index contributed by atoms with van der Waals surface area (Å²) in [4.78, 5) is 4.13. The minimum atomic E-state index is 0.500. The van der Waals surface area contributed by atoms with Crippen LogP contribution in [-0.2, 0) is 25.4 Å². The molecule has 1 aromatic heterocycles. The molecule has 121 valence electrons. The number of aromatic nitrogens is 1. The molecule has 0 aromatic carbocycles. The van der Waals surface area contributed by atoms with Crippen LogP contribution < -0.4 is 5.32 Å². The van der Waals surface area contributed by atoms with Crippen LogP contribution in [0, 0.1) is 0 Å². The van der Waals surface area contributed by atoms with E-state index in [0.29, 0.717) is 11.2 Å². The van der Waals surface area contributed by atoms with E-state index in [9.17, 15) is 0 Å². The fourth-order valence-electron chi connectivity index (χ4n) is 2.05. The van der Waals surface area contributed by atoms with Crippen LogP contribution in [0.4, 0.5) is 0 Å². The molecule has 0 spiro atoms. The van der Waals surface area contributed by atoms with Gasteiger partial charge in [-0.1, -0.05) is 25.3 Å². The smallest absolute Gasteiger partial charge is 0.186 e. The molecular formula is C13H18Cl2CuN4S. The van der Waals surface area contributed by atoms with Crippen molar-refractivity contribution in [3.8, 4) is 0 Å². The molecule has 8 heteroatoms. The van der Waals surface area contributed by atoms with Gasteiger partial charge in [-0.2, -0.15) is 0 Å². The van der Waals surface area contributed by atoms with Gasteiger partial charge in [0.1, 0.15) is 0 Å². The fraction of sp³-hybridized carbons (Fsp3) is 0.462. The number of hydrogen-bond acceptors (Lipinski definition) is 2. The van der Waals surface area contributed by atoms with Crippen molar-refractivity contribution in [3.63, 3.8) is 0 Å². The zero-order chi connectivity index (χ0) is 15.3. The van der Waals surface area contributed by atoms with Gasteiger partial charge in [-0.3, -0.25) is 10.3 Å². The van der Waals surface area contributed by atoms with Gasteiger partial charge in [-0.05, 0) is 25.0 Å². The average molecular weight is 397 g/mol. The van der Waals surface area contributed by atoms with Gasteiger partial charge in [-0.15, -0.1) is 0 Å². The third-order valence-electron chi connectivity index (χ3n) is 2.97. The summed E-state index contributed by atoms with van der Waals surface area (Å²) >= 11 is 5.05. The Morgan fingerprint density at radius 2 is 2.10 bits per heavy atom. The average Bonchev–Trinajstić information content (AvgIpc) is 2.50. The summed E-state index contributed by atoms with van der Waals surface area (Å²) in [5, 5.41) is 7.83.